The molecule has 1 aromatic rings. The van der Waals surface area contributed by atoms with Gasteiger partial charge in [-0.15, -0.1) is 11.8 Å². The Labute approximate surface area is 143 Å². The summed E-state index contributed by atoms with van der Waals surface area (Å²) in [5.41, 5.74) is 0. The highest BCUT2D eigenvalue weighted by Gasteiger charge is 2.32. The molecule has 0 aromatic heterocycles. The summed E-state index contributed by atoms with van der Waals surface area (Å²) in [5.74, 6) is -1.03. The van der Waals surface area contributed by atoms with Gasteiger partial charge in [-0.2, -0.15) is 0 Å². The van der Waals surface area contributed by atoms with Crippen molar-refractivity contribution in [2.45, 2.75) is 30.1 Å². The lowest BCUT2D eigenvalue weighted by atomic mass is 10.3. The molecule has 1 fully saturated rings. The molecule has 124 valence electrons. The molecule has 23 heavy (non-hydrogen) atoms. The first-order valence-electron chi connectivity index (χ1n) is 7.10. The third-order valence-corrected chi connectivity index (χ3v) is 4.56. The lowest BCUT2D eigenvalue weighted by Crippen LogP contribution is -2.42. The fourth-order valence-electron chi connectivity index (χ4n) is 1.99. The van der Waals surface area contributed by atoms with E-state index in [0.29, 0.717) is 11.6 Å². The van der Waals surface area contributed by atoms with Crippen molar-refractivity contribution >= 4 is 41.3 Å². The summed E-state index contributed by atoms with van der Waals surface area (Å²) < 4.78 is 5.17. The summed E-state index contributed by atoms with van der Waals surface area (Å²) >= 11 is 7.12. The number of ether oxygens (including phenoxy) is 1. The van der Waals surface area contributed by atoms with Gasteiger partial charge >= 0.3 is 12.0 Å². The molecule has 0 aliphatic carbocycles. The maximum absolute atomic E-state index is 12.1. The van der Waals surface area contributed by atoms with E-state index in [9.17, 15) is 14.4 Å². The normalized spacial score (nSPS) is 16.7. The number of carbonyl (C=O) groups is 3. The van der Waals surface area contributed by atoms with Gasteiger partial charge in [-0.1, -0.05) is 11.6 Å². The molecular weight excluding hydrogens is 340 g/mol. The molecule has 0 bridgehead atoms. The van der Waals surface area contributed by atoms with Crippen LogP contribution in [0.25, 0.3) is 0 Å². The number of halogens is 1. The van der Waals surface area contributed by atoms with Crippen molar-refractivity contribution in [1.29, 1.82) is 0 Å². The number of thioether (sulfide) groups is 1. The minimum atomic E-state index is -1.00. The first kappa shape index (κ1) is 17.6. The summed E-state index contributed by atoms with van der Waals surface area (Å²) in [7, 11) is 0. The van der Waals surface area contributed by atoms with E-state index in [-0.39, 0.29) is 6.54 Å². The van der Waals surface area contributed by atoms with E-state index in [4.69, 9.17) is 16.3 Å². The number of carbonyl (C=O) groups excluding carboxylic acids is 3. The molecule has 1 aliphatic heterocycles. The van der Waals surface area contributed by atoms with Crippen LogP contribution in [0, 0.1) is 0 Å². The number of nitrogens with zero attached hydrogens (tertiary/aromatic N) is 1. The van der Waals surface area contributed by atoms with E-state index in [1.54, 1.807) is 31.2 Å². The van der Waals surface area contributed by atoms with Crippen LogP contribution in [-0.2, 0) is 14.3 Å². The smallest absolute Gasteiger partial charge is 0.324 e. The lowest BCUT2D eigenvalue weighted by Gasteiger charge is -2.19. The van der Waals surface area contributed by atoms with Gasteiger partial charge in [0.05, 0.1) is 0 Å². The van der Waals surface area contributed by atoms with Crippen molar-refractivity contribution in [1.82, 2.24) is 10.2 Å². The molecule has 2 rings (SSSR count). The third kappa shape index (κ3) is 4.62. The summed E-state index contributed by atoms with van der Waals surface area (Å²) in [6, 6.07) is 6.63. The molecule has 6 nitrogen and oxygen atoms in total. The van der Waals surface area contributed by atoms with E-state index >= 15 is 0 Å². The minimum absolute atomic E-state index is 0.286. The zero-order valence-electron chi connectivity index (χ0n) is 12.7. The Bertz CT molecular complexity index is 608. The van der Waals surface area contributed by atoms with Crippen molar-refractivity contribution in [3.63, 3.8) is 0 Å². The van der Waals surface area contributed by atoms with Crippen LogP contribution in [0.4, 0.5) is 4.79 Å². The Kier molecular flexibility index (Phi) is 5.90. The summed E-state index contributed by atoms with van der Waals surface area (Å²) in [6.07, 6.45) is -1.00. The number of hydrogen-bond acceptors (Lipinski definition) is 5. The van der Waals surface area contributed by atoms with Gasteiger partial charge in [-0.05, 0) is 38.1 Å². The minimum Gasteiger partial charge on any atom is -0.452 e. The van der Waals surface area contributed by atoms with Gasteiger partial charge in [-0.3, -0.25) is 14.5 Å². The number of urea groups is 1. The number of imide groups is 1. The molecule has 0 saturated carbocycles. The molecule has 1 saturated heterocycles. The standard InChI is InChI=1S/C15H17ClN2O4S/c1-9(13(19)18-8-7-17-15(18)21)22-14(20)10(2)23-12-5-3-11(16)4-6-12/h3-6,9-10H,7-8H2,1-2H3,(H,17,21)/t9-,10-/m1/s1. The number of hydrogen-bond donors (Lipinski definition) is 1. The molecule has 1 aromatic carbocycles. The van der Waals surface area contributed by atoms with Crippen LogP contribution in [0.5, 0.6) is 0 Å². The molecule has 1 aliphatic rings. The molecule has 0 spiro atoms. The van der Waals surface area contributed by atoms with Crippen LogP contribution in [0.3, 0.4) is 0 Å². The van der Waals surface area contributed by atoms with Gasteiger partial charge in [0, 0.05) is 23.0 Å². The van der Waals surface area contributed by atoms with E-state index in [1.165, 1.54) is 18.7 Å². The second kappa shape index (κ2) is 7.70. The van der Waals surface area contributed by atoms with Crippen LogP contribution in [0.1, 0.15) is 13.8 Å². The Morgan fingerprint density at radius 1 is 1.30 bits per heavy atom. The zero-order valence-corrected chi connectivity index (χ0v) is 14.3. The Morgan fingerprint density at radius 2 is 1.96 bits per heavy atom. The second-order valence-electron chi connectivity index (χ2n) is 5.01. The Morgan fingerprint density at radius 3 is 2.52 bits per heavy atom. The van der Waals surface area contributed by atoms with Crippen molar-refractivity contribution in [3.8, 4) is 0 Å². The van der Waals surface area contributed by atoms with Crippen molar-refractivity contribution in [3.05, 3.63) is 29.3 Å². The molecule has 3 amide bonds. The molecule has 0 radical (unpaired) electrons. The number of esters is 1. The fourth-order valence-corrected chi connectivity index (χ4v) is 2.97. The molecular formula is C15H17ClN2O4S. The highest BCUT2D eigenvalue weighted by atomic mass is 35.5. The van der Waals surface area contributed by atoms with Gasteiger partial charge in [0.2, 0.25) is 0 Å². The van der Waals surface area contributed by atoms with Gasteiger partial charge < -0.3 is 10.1 Å². The van der Waals surface area contributed by atoms with Crippen LogP contribution in [0.2, 0.25) is 5.02 Å². The molecule has 1 heterocycles. The highest BCUT2D eigenvalue weighted by Crippen LogP contribution is 2.25. The van der Waals surface area contributed by atoms with Crippen molar-refractivity contribution < 1.29 is 19.1 Å². The number of amides is 3. The Balaban J connectivity index is 1.88. The SMILES string of the molecule is C[C@@H](OC(=O)[C@@H](C)Sc1ccc(Cl)cc1)C(=O)N1CCNC1=O. The van der Waals surface area contributed by atoms with Crippen LogP contribution >= 0.6 is 23.4 Å². The summed E-state index contributed by atoms with van der Waals surface area (Å²) in [4.78, 5) is 37.5. The number of nitrogens with one attached hydrogen (secondary N) is 1. The number of benzene rings is 1. The number of rotatable bonds is 5. The molecule has 8 heteroatoms. The van der Waals surface area contributed by atoms with Crippen molar-refractivity contribution in [2.75, 3.05) is 13.1 Å². The van der Waals surface area contributed by atoms with E-state index < -0.39 is 29.3 Å². The predicted molar refractivity (Wildman–Crippen MR) is 87.4 cm³/mol. The van der Waals surface area contributed by atoms with Crippen LogP contribution < -0.4 is 5.32 Å². The maximum Gasteiger partial charge on any atom is 0.324 e. The first-order valence-corrected chi connectivity index (χ1v) is 8.36. The zero-order chi connectivity index (χ0) is 17.0. The van der Waals surface area contributed by atoms with E-state index in [1.807, 2.05) is 0 Å². The Hall–Kier alpha value is -1.73. The average Bonchev–Trinajstić information content (AvgIpc) is 2.94. The molecule has 2 atom stereocenters. The first-order chi connectivity index (χ1) is 10.9. The summed E-state index contributed by atoms with van der Waals surface area (Å²) in [5, 5.41) is 2.66. The fraction of sp³-hybridized carbons (Fsp3) is 0.400. The van der Waals surface area contributed by atoms with E-state index in [0.717, 1.165) is 9.80 Å². The monoisotopic (exact) mass is 356 g/mol. The van der Waals surface area contributed by atoms with E-state index in [2.05, 4.69) is 5.32 Å². The van der Waals surface area contributed by atoms with Crippen LogP contribution in [-0.4, -0.2) is 47.3 Å². The summed E-state index contributed by atoms with van der Waals surface area (Å²) in [6.45, 7) is 3.86. The highest BCUT2D eigenvalue weighted by molar-refractivity contribution is 8.00. The van der Waals surface area contributed by atoms with Gasteiger partial charge in [-0.25, -0.2) is 4.79 Å². The van der Waals surface area contributed by atoms with Crippen LogP contribution in [0.15, 0.2) is 29.2 Å². The average molecular weight is 357 g/mol. The largest absolute Gasteiger partial charge is 0.452 e. The predicted octanol–water partition coefficient (Wildman–Crippen LogP) is 2.30. The van der Waals surface area contributed by atoms with Gasteiger partial charge in [0.1, 0.15) is 5.25 Å². The lowest BCUT2D eigenvalue weighted by molar-refractivity contribution is -0.156. The molecule has 1 N–H and O–H groups in total. The van der Waals surface area contributed by atoms with Gasteiger partial charge in [0.15, 0.2) is 6.10 Å². The quantitative estimate of drug-likeness (QED) is 0.647. The maximum atomic E-state index is 12.1. The van der Waals surface area contributed by atoms with Gasteiger partial charge in [0.25, 0.3) is 5.91 Å². The second-order valence-corrected chi connectivity index (χ2v) is 6.87. The topological polar surface area (TPSA) is 75.7 Å². The molecule has 0 unspecified atom stereocenters. The third-order valence-electron chi connectivity index (χ3n) is 3.22. The van der Waals surface area contributed by atoms with Crippen molar-refractivity contribution in [2.24, 2.45) is 0 Å².